The van der Waals surface area contributed by atoms with E-state index in [9.17, 15) is 19.5 Å². The summed E-state index contributed by atoms with van der Waals surface area (Å²) >= 11 is 0. The highest BCUT2D eigenvalue weighted by Gasteiger charge is 2.11. The highest BCUT2D eigenvalue weighted by Crippen LogP contribution is 2.31. The number of carboxylic acid groups (broad SMARTS) is 1. The molecule has 0 saturated heterocycles. The highest BCUT2D eigenvalue weighted by molar-refractivity contribution is 5.89. The number of carbonyl (C=O) groups excluding carboxylic acids is 2. The quantitative estimate of drug-likeness (QED) is 0.502. The fourth-order valence-electron chi connectivity index (χ4n) is 2.70. The van der Waals surface area contributed by atoms with Gasteiger partial charge >= 0.3 is 5.97 Å². The second kappa shape index (κ2) is 9.45. The number of rotatable bonds is 7. The summed E-state index contributed by atoms with van der Waals surface area (Å²) < 4.78 is 11.5. The average molecular weight is 420 g/mol. The molecule has 0 aromatic heterocycles. The Balaban J connectivity index is 1.79. The monoisotopic (exact) mass is 420 g/mol. The second-order valence-electron chi connectivity index (χ2n) is 6.61. The van der Waals surface area contributed by atoms with Crippen LogP contribution >= 0.6 is 0 Å². The molecular formula is C23H20N2O6. The van der Waals surface area contributed by atoms with E-state index in [1.165, 1.54) is 26.0 Å². The van der Waals surface area contributed by atoms with Gasteiger partial charge in [0, 0.05) is 31.3 Å². The molecule has 31 heavy (non-hydrogen) atoms. The molecule has 0 aliphatic rings. The minimum atomic E-state index is -1.13. The lowest BCUT2D eigenvalue weighted by Crippen LogP contribution is -2.05. The van der Waals surface area contributed by atoms with E-state index in [1.54, 1.807) is 54.6 Å². The van der Waals surface area contributed by atoms with Crippen molar-refractivity contribution in [2.75, 3.05) is 10.6 Å². The van der Waals surface area contributed by atoms with Crippen LogP contribution in [0.5, 0.6) is 23.0 Å². The number of ether oxygens (including phenoxy) is 2. The molecule has 0 aliphatic heterocycles. The van der Waals surface area contributed by atoms with Gasteiger partial charge in [0.15, 0.2) is 0 Å². The van der Waals surface area contributed by atoms with Gasteiger partial charge in [-0.2, -0.15) is 0 Å². The first-order valence-corrected chi connectivity index (χ1v) is 9.28. The first kappa shape index (κ1) is 21.4. The van der Waals surface area contributed by atoms with Crippen molar-refractivity contribution in [3.63, 3.8) is 0 Å². The van der Waals surface area contributed by atoms with E-state index < -0.39 is 5.97 Å². The maximum atomic E-state index is 11.5. The molecule has 0 saturated carbocycles. The summed E-state index contributed by atoms with van der Waals surface area (Å²) in [5.41, 5.74) is 1.23. The molecule has 0 fully saturated rings. The Labute approximate surface area is 178 Å². The van der Waals surface area contributed by atoms with Crippen molar-refractivity contribution in [1.29, 1.82) is 0 Å². The van der Waals surface area contributed by atoms with E-state index in [0.717, 1.165) is 0 Å². The normalized spacial score (nSPS) is 10.1. The number of benzene rings is 3. The molecule has 0 aliphatic carbocycles. The van der Waals surface area contributed by atoms with Gasteiger partial charge in [0.25, 0.3) is 0 Å². The van der Waals surface area contributed by atoms with Gasteiger partial charge in [-0.05, 0) is 60.7 Å². The summed E-state index contributed by atoms with van der Waals surface area (Å²) in [6.45, 7) is 2.83. The van der Waals surface area contributed by atoms with Gasteiger partial charge in [0.05, 0.1) is 5.56 Å². The molecule has 3 aromatic rings. The molecule has 3 rings (SSSR count). The van der Waals surface area contributed by atoms with Crippen LogP contribution in [0.1, 0.15) is 24.2 Å². The van der Waals surface area contributed by atoms with Crippen LogP contribution in [0.2, 0.25) is 0 Å². The number of nitrogens with one attached hydrogen (secondary N) is 2. The maximum Gasteiger partial charge on any atom is 0.335 e. The third kappa shape index (κ3) is 6.33. The summed E-state index contributed by atoms with van der Waals surface area (Å²) in [5.74, 6) is -0.0275. The Kier molecular flexibility index (Phi) is 6.51. The van der Waals surface area contributed by atoms with E-state index in [4.69, 9.17) is 9.47 Å². The van der Waals surface area contributed by atoms with Crippen LogP contribution in [0, 0.1) is 0 Å². The molecule has 0 atom stereocenters. The SMILES string of the molecule is CC(=O)Nc1ccc(Oc2cc(Oc3ccc(NC(C)=O)cc3)cc(C(=O)O)c2)cc1. The van der Waals surface area contributed by atoms with E-state index in [1.807, 2.05) is 0 Å². The number of hydrogen-bond acceptors (Lipinski definition) is 5. The van der Waals surface area contributed by atoms with Crippen molar-refractivity contribution < 1.29 is 29.0 Å². The Morgan fingerprint density at radius 2 is 1.03 bits per heavy atom. The van der Waals surface area contributed by atoms with E-state index in [2.05, 4.69) is 10.6 Å². The Morgan fingerprint density at radius 1 is 0.645 bits per heavy atom. The van der Waals surface area contributed by atoms with Crippen molar-refractivity contribution in [2.24, 2.45) is 0 Å². The zero-order valence-corrected chi connectivity index (χ0v) is 16.8. The third-order valence-corrected chi connectivity index (χ3v) is 3.95. The van der Waals surface area contributed by atoms with Gasteiger partial charge in [-0.25, -0.2) is 4.79 Å². The van der Waals surface area contributed by atoms with Gasteiger partial charge in [-0.3, -0.25) is 9.59 Å². The minimum absolute atomic E-state index is 0.00256. The molecule has 0 heterocycles. The van der Waals surface area contributed by atoms with Gasteiger partial charge in [-0.1, -0.05) is 0 Å². The second-order valence-corrected chi connectivity index (χ2v) is 6.61. The zero-order valence-electron chi connectivity index (χ0n) is 16.8. The number of amides is 2. The number of carbonyl (C=O) groups is 3. The first-order valence-electron chi connectivity index (χ1n) is 9.28. The van der Waals surface area contributed by atoms with Crippen LogP contribution < -0.4 is 20.1 Å². The minimum Gasteiger partial charge on any atom is -0.478 e. The predicted molar refractivity (Wildman–Crippen MR) is 115 cm³/mol. The molecule has 0 bridgehead atoms. The summed E-state index contributed by atoms with van der Waals surface area (Å²) in [5, 5.41) is 14.7. The lowest BCUT2D eigenvalue weighted by Gasteiger charge is -2.12. The molecule has 3 N–H and O–H groups in total. The number of hydrogen-bond donors (Lipinski definition) is 3. The van der Waals surface area contributed by atoms with Crippen molar-refractivity contribution in [3.05, 3.63) is 72.3 Å². The molecule has 8 heteroatoms. The standard InChI is InChI=1S/C23H20N2O6/c1-14(26)24-17-3-7-19(8-4-17)30-21-11-16(23(28)29)12-22(13-21)31-20-9-5-18(6-10-20)25-15(2)27/h3-13H,1-2H3,(H,24,26)(H,25,27)(H,28,29). The fraction of sp³-hybridized carbons (Fsp3) is 0.0870. The largest absolute Gasteiger partial charge is 0.478 e. The first-order chi connectivity index (χ1) is 14.8. The summed E-state index contributed by atoms with van der Waals surface area (Å²) in [4.78, 5) is 33.7. The van der Waals surface area contributed by atoms with E-state index in [-0.39, 0.29) is 28.9 Å². The average Bonchev–Trinajstić information content (AvgIpc) is 2.70. The lowest BCUT2D eigenvalue weighted by molar-refractivity contribution is -0.115. The van der Waals surface area contributed by atoms with E-state index >= 15 is 0 Å². The van der Waals surface area contributed by atoms with Crippen LogP contribution in [-0.2, 0) is 9.59 Å². The van der Waals surface area contributed by atoms with Crippen LogP contribution in [0.3, 0.4) is 0 Å². The summed E-state index contributed by atoms with van der Waals surface area (Å²) in [6.07, 6.45) is 0. The van der Waals surface area contributed by atoms with Gasteiger partial charge in [0.2, 0.25) is 11.8 Å². The molecule has 3 aromatic carbocycles. The van der Waals surface area contributed by atoms with Gasteiger partial charge in [0.1, 0.15) is 23.0 Å². The van der Waals surface area contributed by atoms with Crippen molar-refractivity contribution >= 4 is 29.2 Å². The molecule has 158 valence electrons. The number of anilines is 2. The third-order valence-electron chi connectivity index (χ3n) is 3.95. The van der Waals surface area contributed by atoms with Crippen molar-refractivity contribution in [1.82, 2.24) is 0 Å². The summed E-state index contributed by atoms with van der Waals surface area (Å²) in [7, 11) is 0. The fourth-order valence-corrected chi connectivity index (χ4v) is 2.70. The lowest BCUT2D eigenvalue weighted by atomic mass is 10.2. The molecule has 0 unspecified atom stereocenters. The van der Waals surface area contributed by atoms with Crippen LogP contribution in [0.25, 0.3) is 0 Å². The number of carboxylic acids is 1. The smallest absolute Gasteiger partial charge is 0.335 e. The molecular weight excluding hydrogens is 400 g/mol. The zero-order chi connectivity index (χ0) is 22.4. The maximum absolute atomic E-state index is 11.5. The van der Waals surface area contributed by atoms with Crippen LogP contribution in [0.4, 0.5) is 11.4 Å². The summed E-state index contributed by atoms with van der Waals surface area (Å²) in [6, 6.07) is 17.6. The molecule has 2 amide bonds. The Bertz CT molecular complexity index is 1030. The molecule has 0 radical (unpaired) electrons. The van der Waals surface area contributed by atoms with Gasteiger partial charge < -0.3 is 25.2 Å². The number of aromatic carboxylic acids is 1. The Morgan fingerprint density at radius 3 is 1.35 bits per heavy atom. The highest BCUT2D eigenvalue weighted by atomic mass is 16.5. The van der Waals surface area contributed by atoms with Gasteiger partial charge in [-0.15, -0.1) is 0 Å². The topological polar surface area (TPSA) is 114 Å². The van der Waals surface area contributed by atoms with E-state index in [0.29, 0.717) is 22.9 Å². The Hall–Kier alpha value is -4.33. The molecule has 0 spiro atoms. The van der Waals surface area contributed by atoms with Crippen molar-refractivity contribution in [2.45, 2.75) is 13.8 Å². The van der Waals surface area contributed by atoms with Crippen LogP contribution in [0.15, 0.2) is 66.7 Å². The molecule has 8 nitrogen and oxygen atoms in total. The van der Waals surface area contributed by atoms with Crippen LogP contribution in [-0.4, -0.2) is 22.9 Å². The predicted octanol–water partition coefficient (Wildman–Crippen LogP) is 4.89. The van der Waals surface area contributed by atoms with Crippen molar-refractivity contribution in [3.8, 4) is 23.0 Å².